The first kappa shape index (κ1) is 21.7. The fourth-order valence-electron chi connectivity index (χ4n) is 3.89. The van der Waals surface area contributed by atoms with Crippen molar-refractivity contribution < 1.29 is 17.9 Å². The summed E-state index contributed by atoms with van der Waals surface area (Å²) in [5.74, 6) is 0.0299. The van der Waals surface area contributed by atoms with Crippen LogP contribution in [-0.2, 0) is 14.8 Å². The van der Waals surface area contributed by atoms with Crippen LogP contribution in [0.4, 0.5) is 11.5 Å². The van der Waals surface area contributed by atoms with Gasteiger partial charge in [-0.1, -0.05) is 18.9 Å². The first-order chi connectivity index (χ1) is 15.0. The van der Waals surface area contributed by atoms with Gasteiger partial charge < -0.3 is 15.0 Å². The Morgan fingerprint density at radius 2 is 1.71 bits per heavy atom. The van der Waals surface area contributed by atoms with Crippen LogP contribution in [0, 0.1) is 0 Å². The van der Waals surface area contributed by atoms with Gasteiger partial charge in [0.2, 0.25) is 10.0 Å². The van der Waals surface area contributed by atoms with Crippen molar-refractivity contribution in [1.29, 1.82) is 0 Å². The van der Waals surface area contributed by atoms with Crippen molar-refractivity contribution in [2.45, 2.75) is 30.6 Å². The first-order valence-corrected chi connectivity index (χ1v) is 12.2. The molecule has 8 nitrogen and oxygen atoms in total. The molecule has 2 saturated heterocycles. The number of amides is 1. The number of carbonyl (C=O) groups is 1. The van der Waals surface area contributed by atoms with Crippen LogP contribution in [0.2, 0.25) is 0 Å². The summed E-state index contributed by atoms with van der Waals surface area (Å²) in [6, 6.07) is 9.87. The molecule has 2 fully saturated rings. The molecule has 0 unspecified atom stereocenters. The maximum absolute atomic E-state index is 13.0. The van der Waals surface area contributed by atoms with Crippen molar-refractivity contribution in [3.8, 4) is 0 Å². The minimum atomic E-state index is -3.61. The van der Waals surface area contributed by atoms with Crippen LogP contribution in [0.1, 0.15) is 36.0 Å². The zero-order valence-corrected chi connectivity index (χ0v) is 18.3. The quantitative estimate of drug-likeness (QED) is 0.763. The number of carbonyl (C=O) groups excluding carboxylic acids is 1. The average molecular weight is 445 g/mol. The fourth-order valence-corrected chi connectivity index (χ4v) is 5.45. The summed E-state index contributed by atoms with van der Waals surface area (Å²) in [6.07, 6.45) is 5.55. The van der Waals surface area contributed by atoms with Gasteiger partial charge in [0.25, 0.3) is 5.91 Å². The highest BCUT2D eigenvalue weighted by Crippen LogP contribution is 2.22. The number of ether oxygens (including phenoxy) is 1. The Morgan fingerprint density at radius 3 is 2.39 bits per heavy atom. The molecule has 0 aliphatic carbocycles. The van der Waals surface area contributed by atoms with Crippen molar-refractivity contribution in [2.24, 2.45) is 0 Å². The van der Waals surface area contributed by atoms with E-state index in [0.29, 0.717) is 32.1 Å². The molecule has 1 aromatic carbocycles. The topological polar surface area (TPSA) is 91.8 Å². The zero-order chi connectivity index (χ0) is 21.7. The lowest BCUT2D eigenvalue weighted by Crippen LogP contribution is -2.36. The summed E-state index contributed by atoms with van der Waals surface area (Å²) >= 11 is 0. The van der Waals surface area contributed by atoms with Gasteiger partial charge in [-0.3, -0.25) is 4.79 Å². The molecule has 3 heterocycles. The molecule has 2 aromatic rings. The molecule has 9 heteroatoms. The van der Waals surface area contributed by atoms with Crippen LogP contribution in [0.15, 0.2) is 47.5 Å². The molecular weight excluding hydrogens is 416 g/mol. The van der Waals surface area contributed by atoms with E-state index in [0.717, 1.165) is 44.5 Å². The second-order valence-corrected chi connectivity index (χ2v) is 9.74. The van der Waals surface area contributed by atoms with E-state index in [9.17, 15) is 13.2 Å². The van der Waals surface area contributed by atoms with E-state index in [1.807, 2.05) is 6.07 Å². The summed E-state index contributed by atoms with van der Waals surface area (Å²) in [5, 5.41) is 2.75. The summed E-state index contributed by atoms with van der Waals surface area (Å²) in [5.41, 5.74) is 1.27. The molecule has 4 rings (SSSR count). The molecule has 166 valence electrons. The Kier molecular flexibility index (Phi) is 6.84. The average Bonchev–Trinajstić information content (AvgIpc) is 3.11. The number of benzene rings is 1. The summed E-state index contributed by atoms with van der Waals surface area (Å²) in [6.45, 7) is 4.05. The predicted octanol–water partition coefficient (Wildman–Crippen LogP) is 2.74. The van der Waals surface area contributed by atoms with Gasteiger partial charge in [-0.2, -0.15) is 4.31 Å². The standard InChI is InChI=1S/C22H28N4O4S/c27-22(24-21-9-8-19(17-23-21)25-12-14-30-15-13-25)18-6-5-7-20(16-18)31(28,29)26-10-3-1-2-4-11-26/h5-9,16-17H,1-4,10-15H2,(H,23,24,27). The van der Waals surface area contributed by atoms with E-state index >= 15 is 0 Å². The summed E-state index contributed by atoms with van der Waals surface area (Å²) in [7, 11) is -3.61. The van der Waals surface area contributed by atoms with Gasteiger partial charge in [-0.05, 0) is 43.2 Å². The first-order valence-electron chi connectivity index (χ1n) is 10.7. The molecule has 1 amide bonds. The van der Waals surface area contributed by atoms with E-state index in [2.05, 4.69) is 15.2 Å². The molecule has 0 spiro atoms. The molecule has 1 N–H and O–H groups in total. The molecule has 31 heavy (non-hydrogen) atoms. The zero-order valence-electron chi connectivity index (χ0n) is 17.5. The van der Waals surface area contributed by atoms with Crippen molar-refractivity contribution in [3.63, 3.8) is 0 Å². The van der Waals surface area contributed by atoms with Crippen LogP contribution < -0.4 is 10.2 Å². The lowest BCUT2D eigenvalue weighted by molar-refractivity contribution is 0.102. The van der Waals surface area contributed by atoms with Crippen molar-refractivity contribution >= 4 is 27.4 Å². The third-order valence-electron chi connectivity index (χ3n) is 5.66. The van der Waals surface area contributed by atoms with Crippen LogP contribution in [0.5, 0.6) is 0 Å². The molecule has 0 bridgehead atoms. The maximum atomic E-state index is 13.0. The van der Waals surface area contributed by atoms with E-state index in [-0.39, 0.29) is 16.4 Å². The largest absolute Gasteiger partial charge is 0.378 e. The van der Waals surface area contributed by atoms with Crippen LogP contribution in [-0.4, -0.2) is 63.0 Å². The minimum absolute atomic E-state index is 0.151. The van der Waals surface area contributed by atoms with Gasteiger partial charge in [-0.25, -0.2) is 13.4 Å². The molecule has 0 radical (unpaired) electrons. The lowest BCUT2D eigenvalue weighted by atomic mass is 10.2. The molecule has 2 aliphatic heterocycles. The number of hydrogen-bond acceptors (Lipinski definition) is 6. The molecular formula is C22H28N4O4S. The predicted molar refractivity (Wildman–Crippen MR) is 119 cm³/mol. The SMILES string of the molecule is O=C(Nc1ccc(N2CCOCC2)cn1)c1cccc(S(=O)(=O)N2CCCCCC2)c1. The maximum Gasteiger partial charge on any atom is 0.256 e. The Balaban J connectivity index is 1.45. The van der Waals surface area contributed by atoms with Gasteiger partial charge in [-0.15, -0.1) is 0 Å². The van der Waals surface area contributed by atoms with Crippen LogP contribution in [0.3, 0.4) is 0 Å². The Labute approximate surface area is 183 Å². The number of morpholine rings is 1. The lowest BCUT2D eigenvalue weighted by Gasteiger charge is -2.28. The van der Waals surface area contributed by atoms with Gasteiger partial charge in [0.1, 0.15) is 5.82 Å². The van der Waals surface area contributed by atoms with E-state index < -0.39 is 10.0 Å². The number of nitrogens with zero attached hydrogens (tertiary/aromatic N) is 3. The van der Waals surface area contributed by atoms with Crippen molar-refractivity contribution in [1.82, 2.24) is 9.29 Å². The van der Waals surface area contributed by atoms with Crippen molar-refractivity contribution in [2.75, 3.05) is 49.6 Å². The molecule has 0 saturated carbocycles. The second kappa shape index (κ2) is 9.76. The number of hydrogen-bond donors (Lipinski definition) is 1. The highest BCUT2D eigenvalue weighted by molar-refractivity contribution is 7.89. The Bertz CT molecular complexity index is 996. The number of anilines is 2. The summed E-state index contributed by atoms with van der Waals surface area (Å²) in [4.78, 5) is 19.4. The second-order valence-electron chi connectivity index (χ2n) is 7.80. The molecule has 1 aromatic heterocycles. The number of sulfonamides is 1. The number of pyridine rings is 1. The third-order valence-corrected chi connectivity index (χ3v) is 7.56. The smallest absolute Gasteiger partial charge is 0.256 e. The van der Waals surface area contributed by atoms with Crippen LogP contribution >= 0.6 is 0 Å². The molecule has 0 atom stereocenters. The monoisotopic (exact) mass is 444 g/mol. The minimum Gasteiger partial charge on any atom is -0.378 e. The highest BCUT2D eigenvalue weighted by atomic mass is 32.2. The number of aromatic nitrogens is 1. The van der Waals surface area contributed by atoms with E-state index in [4.69, 9.17) is 4.74 Å². The normalized spacial score (nSPS) is 18.4. The van der Waals surface area contributed by atoms with Gasteiger partial charge in [0.15, 0.2) is 0 Å². The van der Waals surface area contributed by atoms with Crippen molar-refractivity contribution in [3.05, 3.63) is 48.2 Å². The third kappa shape index (κ3) is 5.23. The highest BCUT2D eigenvalue weighted by Gasteiger charge is 2.26. The Morgan fingerprint density at radius 1 is 0.968 bits per heavy atom. The summed E-state index contributed by atoms with van der Waals surface area (Å²) < 4.78 is 32.9. The van der Waals surface area contributed by atoms with Crippen LogP contribution in [0.25, 0.3) is 0 Å². The van der Waals surface area contributed by atoms with Gasteiger partial charge in [0, 0.05) is 31.7 Å². The van der Waals surface area contributed by atoms with Gasteiger partial charge in [0.05, 0.1) is 30.0 Å². The Hall–Kier alpha value is -2.49. The number of rotatable bonds is 5. The fraction of sp³-hybridized carbons (Fsp3) is 0.455. The van der Waals surface area contributed by atoms with Gasteiger partial charge >= 0.3 is 0 Å². The van der Waals surface area contributed by atoms with E-state index in [1.54, 1.807) is 30.5 Å². The van der Waals surface area contributed by atoms with E-state index in [1.165, 1.54) is 10.4 Å². The number of nitrogens with one attached hydrogen (secondary N) is 1. The molecule has 2 aliphatic rings.